The molecule has 0 aliphatic carbocycles. The van der Waals surface area contributed by atoms with Crippen molar-refractivity contribution in [2.45, 2.75) is 120 Å². The van der Waals surface area contributed by atoms with Gasteiger partial charge in [0.1, 0.15) is 24.9 Å². The van der Waals surface area contributed by atoms with Crippen molar-refractivity contribution < 1.29 is 22.4 Å². The molecule has 1 heterocycles. The topological polar surface area (TPSA) is 85.2 Å². The molecule has 0 saturated heterocycles. The number of aliphatic hydroxyl groups excluding tert-OH is 1. The average molecular weight is 558 g/mol. The molecule has 39 heavy (non-hydrogen) atoms. The SMILES string of the molecule is CCCCCCCCCCCCCC[C@@H](OS(=O)(=O)c1ccc(C)cc1)[C@@H](O)[C@@H]1COC(c2ccccc2)=N1. The summed E-state index contributed by atoms with van der Waals surface area (Å²) < 4.78 is 37.6. The summed E-state index contributed by atoms with van der Waals surface area (Å²) in [5.41, 5.74) is 1.80. The van der Waals surface area contributed by atoms with E-state index in [9.17, 15) is 13.5 Å². The number of aryl methyl sites for hydroxylation is 1. The number of benzene rings is 2. The summed E-state index contributed by atoms with van der Waals surface area (Å²) in [6.07, 6.45) is 13.0. The number of hydrogen-bond donors (Lipinski definition) is 1. The highest BCUT2D eigenvalue weighted by Gasteiger charge is 2.36. The van der Waals surface area contributed by atoms with Gasteiger partial charge in [0.2, 0.25) is 5.90 Å². The van der Waals surface area contributed by atoms with Gasteiger partial charge in [-0.3, -0.25) is 4.18 Å². The first-order chi connectivity index (χ1) is 18.9. The van der Waals surface area contributed by atoms with Crippen LogP contribution in [0.3, 0.4) is 0 Å². The Bertz CT molecular complexity index is 1090. The van der Waals surface area contributed by atoms with E-state index in [2.05, 4.69) is 11.9 Å². The Kier molecular flexibility index (Phi) is 13.5. The van der Waals surface area contributed by atoms with Crippen molar-refractivity contribution >= 4 is 16.0 Å². The van der Waals surface area contributed by atoms with E-state index < -0.39 is 28.4 Å². The van der Waals surface area contributed by atoms with E-state index in [1.807, 2.05) is 37.3 Å². The van der Waals surface area contributed by atoms with Crippen LogP contribution < -0.4 is 0 Å². The summed E-state index contributed by atoms with van der Waals surface area (Å²) in [5.74, 6) is 0.463. The molecule has 0 bridgehead atoms. The number of aliphatic hydroxyl groups is 1. The van der Waals surface area contributed by atoms with E-state index in [1.54, 1.807) is 24.3 Å². The lowest BCUT2D eigenvalue weighted by molar-refractivity contribution is 0.0129. The van der Waals surface area contributed by atoms with E-state index in [0.29, 0.717) is 12.3 Å². The van der Waals surface area contributed by atoms with Gasteiger partial charge in [0.25, 0.3) is 10.1 Å². The lowest BCUT2D eigenvalue weighted by atomic mass is 10.00. The minimum absolute atomic E-state index is 0.0936. The summed E-state index contributed by atoms with van der Waals surface area (Å²) in [6.45, 7) is 4.34. The maximum Gasteiger partial charge on any atom is 0.297 e. The molecule has 0 spiro atoms. The highest BCUT2D eigenvalue weighted by molar-refractivity contribution is 7.86. The molecular weight excluding hydrogens is 510 g/mol. The summed E-state index contributed by atoms with van der Waals surface area (Å²) in [7, 11) is -4.03. The van der Waals surface area contributed by atoms with Crippen LogP contribution in [0.4, 0.5) is 0 Å². The number of aliphatic imine (C=N–C) groups is 1. The highest BCUT2D eigenvalue weighted by atomic mass is 32.2. The molecule has 216 valence electrons. The van der Waals surface area contributed by atoms with Crippen molar-refractivity contribution in [3.8, 4) is 0 Å². The predicted molar refractivity (Wildman–Crippen MR) is 158 cm³/mol. The molecule has 6 nitrogen and oxygen atoms in total. The van der Waals surface area contributed by atoms with E-state index in [0.717, 1.165) is 30.4 Å². The van der Waals surface area contributed by atoms with Gasteiger partial charge < -0.3 is 9.84 Å². The zero-order valence-electron chi connectivity index (χ0n) is 23.8. The van der Waals surface area contributed by atoms with Gasteiger partial charge >= 0.3 is 0 Å². The largest absolute Gasteiger partial charge is 0.475 e. The Morgan fingerprint density at radius 1 is 0.872 bits per heavy atom. The van der Waals surface area contributed by atoms with Crippen molar-refractivity contribution in [3.05, 3.63) is 65.7 Å². The molecule has 3 rings (SSSR count). The molecule has 0 unspecified atom stereocenters. The van der Waals surface area contributed by atoms with Crippen molar-refractivity contribution in [2.75, 3.05) is 6.61 Å². The van der Waals surface area contributed by atoms with Crippen LogP contribution in [0.25, 0.3) is 0 Å². The van der Waals surface area contributed by atoms with Crippen molar-refractivity contribution in [2.24, 2.45) is 4.99 Å². The van der Waals surface area contributed by atoms with Gasteiger partial charge in [0, 0.05) is 5.56 Å². The molecule has 0 saturated carbocycles. The zero-order chi connectivity index (χ0) is 27.9. The first-order valence-corrected chi connectivity index (χ1v) is 16.3. The molecule has 1 aliphatic rings. The van der Waals surface area contributed by atoms with Crippen LogP contribution in [0, 0.1) is 6.92 Å². The second-order valence-electron chi connectivity index (χ2n) is 10.7. The first-order valence-electron chi connectivity index (χ1n) is 14.8. The van der Waals surface area contributed by atoms with Crippen LogP contribution in [-0.2, 0) is 19.0 Å². The minimum atomic E-state index is -4.03. The van der Waals surface area contributed by atoms with E-state index >= 15 is 0 Å². The molecule has 7 heteroatoms. The molecule has 2 aromatic carbocycles. The van der Waals surface area contributed by atoms with Gasteiger partial charge in [-0.2, -0.15) is 8.42 Å². The fourth-order valence-corrected chi connectivity index (χ4v) is 6.05. The fraction of sp³-hybridized carbons (Fsp3) is 0.594. The molecule has 2 aromatic rings. The number of ether oxygens (including phenoxy) is 1. The number of hydrogen-bond acceptors (Lipinski definition) is 6. The molecule has 3 atom stereocenters. The molecular formula is C32H47NO5S. The second-order valence-corrected chi connectivity index (χ2v) is 12.3. The molecule has 0 radical (unpaired) electrons. The maximum absolute atomic E-state index is 13.1. The van der Waals surface area contributed by atoms with Crippen molar-refractivity contribution in [3.63, 3.8) is 0 Å². The fourth-order valence-electron chi connectivity index (χ4n) is 4.94. The zero-order valence-corrected chi connectivity index (χ0v) is 24.6. The van der Waals surface area contributed by atoms with Gasteiger partial charge in [-0.15, -0.1) is 0 Å². The monoisotopic (exact) mass is 557 g/mol. The van der Waals surface area contributed by atoms with Crippen LogP contribution >= 0.6 is 0 Å². The lowest BCUT2D eigenvalue weighted by Crippen LogP contribution is -2.40. The van der Waals surface area contributed by atoms with Gasteiger partial charge in [-0.25, -0.2) is 4.99 Å². The second kappa shape index (κ2) is 16.8. The quantitative estimate of drug-likeness (QED) is 0.144. The van der Waals surface area contributed by atoms with E-state index in [4.69, 9.17) is 8.92 Å². The number of nitrogens with zero attached hydrogens (tertiary/aromatic N) is 1. The first kappa shape index (κ1) is 31.3. The molecule has 1 aliphatic heterocycles. The van der Waals surface area contributed by atoms with Crippen LogP contribution in [0.2, 0.25) is 0 Å². The van der Waals surface area contributed by atoms with Crippen molar-refractivity contribution in [1.29, 1.82) is 0 Å². The number of rotatable bonds is 19. The average Bonchev–Trinajstić information content (AvgIpc) is 3.44. The standard InChI is InChI=1S/C32H47NO5S/c1-3-4-5-6-7-8-9-10-11-12-13-17-20-30(38-39(35,36)28-23-21-26(2)22-24-28)31(34)29-25-37-32(33-29)27-18-15-14-16-19-27/h14-16,18-19,21-24,29-31,34H,3-13,17,20,25H2,1-2H3/t29-,30+,31-/m0/s1. The Morgan fingerprint density at radius 2 is 1.44 bits per heavy atom. The van der Waals surface area contributed by atoms with Crippen molar-refractivity contribution in [1.82, 2.24) is 0 Å². The minimum Gasteiger partial charge on any atom is -0.475 e. The third-order valence-corrected chi connectivity index (χ3v) is 8.72. The van der Waals surface area contributed by atoms with Crippen LogP contribution in [0.5, 0.6) is 0 Å². The molecule has 0 aromatic heterocycles. The number of unbranched alkanes of at least 4 members (excludes halogenated alkanes) is 11. The summed E-state index contributed by atoms with van der Waals surface area (Å²) in [5, 5.41) is 11.2. The smallest absolute Gasteiger partial charge is 0.297 e. The molecule has 1 N–H and O–H groups in total. The predicted octanol–water partition coefficient (Wildman–Crippen LogP) is 7.37. The van der Waals surface area contributed by atoms with E-state index in [1.165, 1.54) is 57.8 Å². The Balaban J connectivity index is 1.53. The van der Waals surface area contributed by atoms with Gasteiger partial charge in [0.05, 0.1) is 4.90 Å². The van der Waals surface area contributed by atoms with Crippen LogP contribution in [0.15, 0.2) is 64.5 Å². The van der Waals surface area contributed by atoms with E-state index in [-0.39, 0.29) is 11.5 Å². The van der Waals surface area contributed by atoms with Gasteiger partial charge in [-0.05, 0) is 37.6 Å². The summed E-state index contributed by atoms with van der Waals surface area (Å²) in [4.78, 5) is 4.67. The Morgan fingerprint density at radius 3 is 2.03 bits per heavy atom. The third kappa shape index (κ3) is 10.7. The molecule has 0 amide bonds. The highest BCUT2D eigenvalue weighted by Crippen LogP contribution is 2.25. The normalized spacial score (nSPS) is 17.0. The lowest BCUT2D eigenvalue weighted by Gasteiger charge is -2.25. The maximum atomic E-state index is 13.1. The Labute approximate surface area is 236 Å². The van der Waals surface area contributed by atoms with Gasteiger partial charge in [0.15, 0.2) is 0 Å². The summed E-state index contributed by atoms with van der Waals surface area (Å²) >= 11 is 0. The van der Waals surface area contributed by atoms with Crippen LogP contribution in [-0.4, -0.2) is 44.3 Å². The third-order valence-electron chi connectivity index (χ3n) is 7.37. The van der Waals surface area contributed by atoms with Gasteiger partial charge in [-0.1, -0.05) is 120 Å². The van der Waals surface area contributed by atoms with Crippen LogP contribution in [0.1, 0.15) is 102 Å². The Hall–Kier alpha value is -2.22. The summed E-state index contributed by atoms with van der Waals surface area (Å²) in [6, 6.07) is 15.5. The molecule has 0 fully saturated rings.